The van der Waals surface area contributed by atoms with E-state index in [1.165, 1.54) is 40.8 Å². The summed E-state index contributed by atoms with van der Waals surface area (Å²) in [5.74, 6) is -0.275. The van der Waals surface area contributed by atoms with Crippen LogP contribution in [-0.2, 0) is 4.79 Å². The van der Waals surface area contributed by atoms with Crippen molar-refractivity contribution in [1.29, 1.82) is 0 Å². The number of rotatable bonds is 7. The molecule has 0 radical (unpaired) electrons. The van der Waals surface area contributed by atoms with Crippen LogP contribution in [0.25, 0.3) is 11.3 Å². The second-order valence-corrected chi connectivity index (χ2v) is 7.66. The quantitative estimate of drug-likeness (QED) is 0.530. The summed E-state index contributed by atoms with van der Waals surface area (Å²) >= 11 is 2.75. The van der Waals surface area contributed by atoms with Crippen molar-refractivity contribution >= 4 is 34.7 Å². The SMILES string of the molecule is Cc1ccc(-c2csc(SCC(=O)Nc3ccccc3OC(F)F)n2)cc1. The zero-order chi connectivity index (χ0) is 19.2. The van der Waals surface area contributed by atoms with E-state index in [4.69, 9.17) is 0 Å². The highest BCUT2D eigenvalue weighted by Gasteiger charge is 2.13. The van der Waals surface area contributed by atoms with Gasteiger partial charge in [-0.3, -0.25) is 4.79 Å². The molecule has 3 aromatic rings. The van der Waals surface area contributed by atoms with E-state index >= 15 is 0 Å². The highest BCUT2D eigenvalue weighted by molar-refractivity contribution is 8.01. The molecule has 0 aliphatic heterocycles. The van der Waals surface area contributed by atoms with Crippen molar-refractivity contribution in [2.75, 3.05) is 11.1 Å². The number of hydrogen-bond acceptors (Lipinski definition) is 5. The zero-order valence-electron chi connectivity index (χ0n) is 14.3. The maximum Gasteiger partial charge on any atom is 0.387 e. The standard InChI is InChI=1S/C19H16F2N2O2S2/c1-12-6-8-13(9-7-12)15-10-26-19(23-15)27-11-17(24)22-14-4-2-3-5-16(14)25-18(20)21/h2-10,18H,11H2,1H3,(H,22,24). The molecule has 3 rings (SSSR count). The minimum absolute atomic E-state index is 0.0678. The average Bonchev–Trinajstić information content (AvgIpc) is 3.11. The van der Waals surface area contributed by atoms with Crippen LogP contribution >= 0.6 is 23.1 Å². The van der Waals surface area contributed by atoms with Crippen LogP contribution in [-0.4, -0.2) is 23.3 Å². The Balaban J connectivity index is 1.58. The van der Waals surface area contributed by atoms with E-state index < -0.39 is 6.61 Å². The summed E-state index contributed by atoms with van der Waals surface area (Å²) in [7, 11) is 0. The number of nitrogens with zero attached hydrogens (tertiary/aromatic N) is 1. The number of aromatic nitrogens is 1. The predicted octanol–water partition coefficient (Wildman–Crippen LogP) is 5.45. The molecule has 2 aromatic carbocycles. The van der Waals surface area contributed by atoms with Gasteiger partial charge in [-0.1, -0.05) is 53.7 Å². The lowest BCUT2D eigenvalue weighted by Gasteiger charge is -2.11. The maximum atomic E-state index is 12.4. The van der Waals surface area contributed by atoms with Crippen molar-refractivity contribution in [3.05, 3.63) is 59.5 Å². The molecule has 1 heterocycles. The first-order chi connectivity index (χ1) is 13.0. The molecule has 1 amide bonds. The molecule has 0 saturated carbocycles. The van der Waals surface area contributed by atoms with Crippen molar-refractivity contribution in [1.82, 2.24) is 4.98 Å². The van der Waals surface area contributed by atoms with Crippen LogP contribution in [0.5, 0.6) is 5.75 Å². The van der Waals surface area contributed by atoms with Gasteiger partial charge in [-0.05, 0) is 19.1 Å². The van der Waals surface area contributed by atoms with Crippen LogP contribution in [0.15, 0.2) is 58.3 Å². The van der Waals surface area contributed by atoms with E-state index in [2.05, 4.69) is 15.0 Å². The van der Waals surface area contributed by atoms with Crippen molar-refractivity contribution in [3.8, 4) is 17.0 Å². The van der Waals surface area contributed by atoms with Gasteiger partial charge in [0.25, 0.3) is 0 Å². The van der Waals surface area contributed by atoms with E-state index in [1.807, 2.05) is 36.6 Å². The first kappa shape index (κ1) is 19.3. The number of aryl methyl sites for hydroxylation is 1. The molecule has 1 N–H and O–H groups in total. The van der Waals surface area contributed by atoms with Gasteiger partial charge < -0.3 is 10.1 Å². The third kappa shape index (κ3) is 5.51. The fourth-order valence-electron chi connectivity index (χ4n) is 2.26. The molecule has 0 aliphatic rings. The minimum atomic E-state index is -2.95. The topological polar surface area (TPSA) is 51.2 Å². The van der Waals surface area contributed by atoms with Crippen LogP contribution in [0.4, 0.5) is 14.5 Å². The van der Waals surface area contributed by atoms with Crippen LogP contribution < -0.4 is 10.1 Å². The number of hydrogen-bond donors (Lipinski definition) is 1. The number of thioether (sulfide) groups is 1. The van der Waals surface area contributed by atoms with Crippen molar-refractivity contribution in [3.63, 3.8) is 0 Å². The number of ether oxygens (including phenoxy) is 1. The number of halogens is 2. The molecular weight excluding hydrogens is 390 g/mol. The number of carbonyl (C=O) groups excluding carboxylic acids is 1. The molecule has 0 spiro atoms. The normalized spacial score (nSPS) is 10.8. The average molecular weight is 406 g/mol. The lowest BCUT2D eigenvalue weighted by Crippen LogP contribution is -2.15. The Labute approximate surface area is 163 Å². The van der Waals surface area contributed by atoms with Gasteiger partial charge in [0.15, 0.2) is 4.34 Å². The summed E-state index contributed by atoms with van der Waals surface area (Å²) in [6.07, 6.45) is 0. The molecule has 0 bridgehead atoms. The van der Waals surface area contributed by atoms with Gasteiger partial charge in [0.2, 0.25) is 5.91 Å². The lowest BCUT2D eigenvalue weighted by atomic mass is 10.1. The van der Waals surface area contributed by atoms with Gasteiger partial charge >= 0.3 is 6.61 Å². The van der Waals surface area contributed by atoms with Gasteiger partial charge in [-0.2, -0.15) is 8.78 Å². The molecule has 0 aliphatic carbocycles. The number of para-hydroxylation sites is 2. The van der Waals surface area contributed by atoms with Gasteiger partial charge in [0.1, 0.15) is 5.75 Å². The van der Waals surface area contributed by atoms with E-state index in [9.17, 15) is 13.6 Å². The summed E-state index contributed by atoms with van der Waals surface area (Å²) in [4.78, 5) is 16.7. The fourth-order valence-corrected chi connectivity index (χ4v) is 3.90. The summed E-state index contributed by atoms with van der Waals surface area (Å²) in [6, 6.07) is 14.1. The van der Waals surface area contributed by atoms with Gasteiger partial charge in [-0.25, -0.2) is 4.98 Å². The zero-order valence-corrected chi connectivity index (χ0v) is 15.9. The Bertz CT molecular complexity index is 914. The van der Waals surface area contributed by atoms with Crippen molar-refractivity contribution < 1.29 is 18.3 Å². The van der Waals surface area contributed by atoms with Crippen LogP contribution in [0.3, 0.4) is 0 Å². The number of carbonyl (C=O) groups is 1. The van der Waals surface area contributed by atoms with Gasteiger partial charge in [0.05, 0.1) is 17.1 Å². The molecule has 4 nitrogen and oxygen atoms in total. The molecule has 0 saturated heterocycles. The number of nitrogens with one attached hydrogen (secondary N) is 1. The smallest absolute Gasteiger partial charge is 0.387 e. The number of thiazole rings is 1. The Hall–Kier alpha value is -2.45. The Morgan fingerprint density at radius 2 is 1.96 bits per heavy atom. The van der Waals surface area contributed by atoms with Crippen molar-refractivity contribution in [2.24, 2.45) is 0 Å². The first-order valence-corrected chi connectivity index (χ1v) is 9.87. The molecule has 1 aromatic heterocycles. The number of anilines is 1. The van der Waals surface area contributed by atoms with Gasteiger partial charge in [-0.15, -0.1) is 11.3 Å². The highest BCUT2D eigenvalue weighted by atomic mass is 32.2. The largest absolute Gasteiger partial charge is 0.433 e. The van der Waals surface area contributed by atoms with E-state index in [0.717, 1.165) is 15.6 Å². The van der Waals surface area contributed by atoms with E-state index in [1.54, 1.807) is 12.1 Å². The van der Waals surface area contributed by atoms with Crippen LogP contribution in [0.2, 0.25) is 0 Å². The second-order valence-electron chi connectivity index (χ2n) is 5.58. The second kappa shape index (κ2) is 8.96. The van der Waals surface area contributed by atoms with E-state index in [-0.39, 0.29) is 23.1 Å². The van der Waals surface area contributed by atoms with Crippen molar-refractivity contribution in [2.45, 2.75) is 17.9 Å². The Kier molecular flexibility index (Phi) is 6.41. The summed E-state index contributed by atoms with van der Waals surface area (Å²) in [5.41, 5.74) is 3.27. The maximum absolute atomic E-state index is 12.4. The van der Waals surface area contributed by atoms with E-state index in [0.29, 0.717) is 0 Å². The van der Waals surface area contributed by atoms with Crippen LogP contribution in [0.1, 0.15) is 5.56 Å². The monoisotopic (exact) mass is 406 g/mol. The minimum Gasteiger partial charge on any atom is -0.433 e. The summed E-state index contributed by atoms with van der Waals surface area (Å²) < 4.78 is 30.0. The van der Waals surface area contributed by atoms with Crippen LogP contribution in [0, 0.1) is 6.92 Å². The molecule has 8 heteroatoms. The molecule has 0 fully saturated rings. The third-order valence-electron chi connectivity index (χ3n) is 3.53. The number of amides is 1. The number of benzene rings is 2. The van der Waals surface area contributed by atoms with Gasteiger partial charge in [0, 0.05) is 10.9 Å². The lowest BCUT2D eigenvalue weighted by molar-refractivity contribution is -0.113. The molecule has 27 heavy (non-hydrogen) atoms. The summed E-state index contributed by atoms with van der Waals surface area (Å²) in [5, 5.41) is 4.53. The highest BCUT2D eigenvalue weighted by Crippen LogP contribution is 2.29. The predicted molar refractivity (Wildman–Crippen MR) is 105 cm³/mol. The third-order valence-corrected chi connectivity index (χ3v) is 5.56. The molecule has 0 unspecified atom stereocenters. The fraction of sp³-hybridized carbons (Fsp3) is 0.158. The Morgan fingerprint density at radius 3 is 2.70 bits per heavy atom. The molecular formula is C19H16F2N2O2S2. The Morgan fingerprint density at radius 1 is 1.22 bits per heavy atom. The first-order valence-electron chi connectivity index (χ1n) is 8.00. The molecule has 140 valence electrons. The summed E-state index contributed by atoms with van der Waals surface area (Å²) in [6.45, 7) is -0.928. The molecule has 0 atom stereocenters. The number of alkyl halides is 2.